The lowest BCUT2D eigenvalue weighted by Gasteiger charge is -2.51. The number of carbonyl (C=O) groups excluding carboxylic acids is 1. The average Bonchev–Trinajstić information content (AvgIpc) is 3.61. The van der Waals surface area contributed by atoms with Crippen molar-refractivity contribution in [2.45, 2.75) is 70.0 Å². The number of nitrogens with zero attached hydrogens (tertiary/aromatic N) is 1. The predicted molar refractivity (Wildman–Crippen MR) is 142 cm³/mol. The van der Waals surface area contributed by atoms with E-state index in [9.17, 15) is 4.79 Å². The largest absolute Gasteiger partial charge is 0.493 e. The number of para-hydroxylation sites is 1. The van der Waals surface area contributed by atoms with E-state index in [0.717, 1.165) is 49.0 Å². The number of rotatable bonds is 8. The van der Waals surface area contributed by atoms with Crippen LogP contribution in [0, 0.1) is 5.92 Å². The van der Waals surface area contributed by atoms with Gasteiger partial charge >= 0.3 is 0 Å². The van der Waals surface area contributed by atoms with Gasteiger partial charge in [-0.2, -0.15) is 0 Å². The number of methoxy groups -OCH3 is 2. The van der Waals surface area contributed by atoms with Crippen molar-refractivity contribution in [2.75, 3.05) is 20.8 Å². The fourth-order valence-electron chi connectivity index (χ4n) is 6.42. The number of nitrogens with one attached hydrogen (secondary N) is 1. The molecule has 6 nitrogen and oxygen atoms in total. The van der Waals surface area contributed by atoms with Gasteiger partial charge in [-0.1, -0.05) is 37.5 Å². The first-order valence-corrected chi connectivity index (χ1v) is 13.3. The Morgan fingerprint density at radius 3 is 2.47 bits per heavy atom. The molecule has 2 unspecified atom stereocenters. The van der Waals surface area contributed by atoms with Crippen LogP contribution in [0.4, 0.5) is 0 Å². The Morgan fingerprint density at radius 2 is 1.78 bits per heavy atom. The second kappa shape index (κ2) is 10.6. The second-order valence-corrected chi connectivity index (χ2v) is 10.4. The van der Waals surface area contributed by atoms with E-state index in [4.69, 9.17) is 13.9 Å². The van der Waals surface area contributed by atoms with Crippen LogP contribution >= 0.6 is 0 Å². The summed E-state index contributed by atoms with van der Waals surface area (Å²) in [5.74, 6) is 2.41. The standard InChI is InChI=1S/C30H38N2O4/c1-30(28-14-9-17-31-28,23-11-5-4-6-12-23)32(20-24-18-21-10-7-8-13-25(21)36-24)29(33)22-15-16-26(34-2)27(19-22)35-3/h7-8,10,13,15-16,18-19,23,28,31H,4-6,9,11-12,14,17,20H2,1-3H3. The highest BCUT2D eigenvalue weighted by Crippen LogP contribution is 2.43. The molecule has 1 aliphatic carbocycles. The first-order chi connectivity index (χ1) is 17.5. The van der Waals surface area contributed by atoms with Crippen molar-refractivity contribution in [1.82, 2.24) is 10.2 Å². The maximum absolute atomic E-state index is 14.4. The van der Waals surface area contributed by atoms with Gasteiger partial charge in [0.05, 0.1) is 26.3 Å². The van der Waals surface area contributed by atoms with Crippen LogP contribution in [-0.4, -0.2) is 43.2 Å². The monoisotopic (exact) mass is 490 g/mol. The lowest BCUT2D eigenvalue weighted by molar-refractivity contribution is -0.000489. The van der Waals surface area contributed by atoms with Gasteiger partial charge in [0.15, 0.2) is 11.5 Å². The molecular formula is C30H38N2O4. The van der Waals surface area contributed by atoms with Crippen molar-refractivity contribution in [3.63, 3.8) is 0 Å². The number of amides is 1. The highest BCUT2D eigenvalue weighted by atomic mass is 16.5. The molecule has 2 aliphatic rings. The average molecular weight is 491 g/mol. The Hall–Kier alpha value is -2.99. The van der Waals surface area contributed by atoms with Crippen molar-refractivity contribution >= 4 is 16.9 Å². The van der Waals surface area contributed by atoms with E-state index in [1.807, 2.05) is 30.3 Å². The number of ether oxygens (including phenoxy) is 2. The number of carbonyl (C=O) groups is 1. The van der Waals surface area contributed by atoms with Gasteiger partial charge < -0.3 is 24.1 Å². The smallest absolute Gasteiger partial charge is 0.254 e. The molecule has 6 heteroatoms. The van der Waals surface area contributed by atoms with Gasteiger partial charge in [-0.05, 0) is 75.4 Å². The summed E-state index contributed by atoms with van der Waals surface area (Å²) in [6, 6.07) is 15.8. The first-order valence-electron chi connectivity index (χ1n) is 13.3. The van der Waals surface area contributed by atoms with Crippen LogP contribution in [-0.2, 0) is 6.54 Å². The zero-order valence-electron chi connectivity index (χ0n) is 21.7. The van der Waals surface area contributed by atoms with Crippen LogP contribution < -0.4 is 14.8 Å². The number of furan rings is 1. The van der Waals surface area contributed by atoms with Crippen molar-refractivity contribution in [2.24, 2.45) is 5.92 Å². The van der Waals surface area contributed by atoms with Crippen molar-refractivity contribution in [3.8, 4) is 11.5 Å². The molecule has 5 rings (SSSR count). The second-order valence-electron chi connectivity index (χ2n) is 10.4. The Kier molecular flexibility index (Phi) is 7.24. The Labute approximate surface area is 213 Å². The van der Waals surface area contributed by atoms with E-state index < -0.39 is 0 Å². The molecule has 2 heterocycles. The molecule has 192 valence electrons. The summed E-state index contributed by atoms with van der Waals surface area (Å²) in [6.07, 6.45) is 8.21. The van der Waals surface area contributed by atoms with Gasteiger partial charge in [0.25, 0.3) is 5.91 Å². The number of benzene rings is 2. The predicted octanol–water partition coefficient (Wildman–Crippen LogP) is 6.18. The van der Waals surface area contributed by atoms with E-state index >= 15 is 0 Å². The molecule has 1 amide bonds. The normalized spacial score (nSPS) is 20.2. The molecule has 1 N–H and O–H groups in total. The first kappa shape index (κ1) is 24.7. The maximum Gasteiger partial charge on any atom is 0.254 e. The molecule has 2 atom stereocenters. The van der Waals surface area contributed by atoms with Crippen molar-refractivity contribution < 1.29 is 18.7 Å². The minimum Gasteiger partial charge on any atom is -0.493 e. The molecule has 0 spiro atoms. The molecule has 2 aromatic carbocycles. The molecular weight excluding hydrogens is 452 g/mol. The zero-order valence-corrected chi connectivity index (χ0v) is 21.7. The van der Waals surface area contributed by atoms with Gasteiger partial charge in [-0.25, -0.2) is 0 Å². The molecule has 1 aliphatic heterocycles. The highest BCUT2D eigenvalue weighted by molar-refractivity contribution is 5.95. The van der Waals surface area contributed by atoms with Crippen LogP contribution in [0.1, 0.15) is 68.0 Å². The Morgan fingerprint density at radius 1 is 1.00 bits per heavy atom. The van der Waals surface area contributed by atoms with Crippen LogP contribution in [0.25, 0.3) is 11.0 Å². The van der Waals surface area contributed by atoms with Gasteiger partial charge in [0, 0.05) is 17.0 Å². The van der Waals surface area contributed by atoms with Gasteiger partial charge in [-0.3, -0.25) is 4.79 Å². The minimum absolute atomic E-state index is 0.00168. The molecule has 1 aromatic heterocycles. The summed E-state index contributed by atoms with van der Waals surface area (Å²) in [5.41, 5.74) is 1.10. The van der Waals surface area contributed by atoms with E-state index in [2.05, 4.69) is 29.3 Å². The number of hydrogen-bond donors (Lipinski definition) is 1. The summed E-state index contributed by atoms with van der Waals surface area (Å²) in [5, 5.41) is 4.82. The Bertz CT molecular complexity index is 1160. The molecule has 0 bridgehead atoms. The van der Waals surface area contributed by atoms with E-state index in [0.29, 0.717) is 29.5 Å². The van der Waals surface area contributed by atoms with E-state index in [-0.39, 0.29) is 17.5 Å². The third-order valence-corrected chi connectivity index (χ3v) is 8.45. The summed E-state index contributed by atoms with van der Waals surface area (Å²) in [4.78, 5) is 16.5. The molecule has 1 saturated carbocycles. The number of hydrogen-bond acceptors (Lipinski definition) is 5. The van der Waals surface area contributed by atoms with Crippen molar-refractivity contribution in [3.05, 3.63) is 59.9 Å². The highest BCUT2D eigenvalue weighted by Gasteiger charge is 2.49. The lowest BCUT2D eigenvalue weighted by atomic mass is 9.70. The maximum atomic E-state index is 14.4. The third-order valence-electron chi connectivity index (χ3n) is 8.45. The summed E-state index contributed by atoms with van der Waals surface area (Å²) < 4.78 is 17.2. The fourth-order valence-corrected chi connectivity index (χ4v) is 6.42. The summed E-state index contributed by atoms with van der Waals surface area (Å²) in [6.45, 7) is 3.73. The summed E-state index contributed by atoms with van der Waals surface area (Å²) in [7, 11) is 3.21. The summed E-state index contributed by atoms with van der Waals surface area (Å²) >= 11 is 0. The van der Waals surface area contributed by atoms with Crippen LogP contribution in [0.15, 0.2) is 52.9 Å². The lowest BCUT2D eigenvalue weighted by Crippen LogP contribution is -2.63. The van der Waals surface area contributed by atoms with Crippen LogP contribution in [0.5, 0.6) is 11.5 Å². The molecule has 0 radical (unpaired) electrons. The molecule has 36 heavy (non-hydrogen) atoms. The molecule has 1 saturated heterocycles. The van der Waals surface area contributed by atoms with Gasteiger partial charge in [0.1, 0.15) is 11.3 Å². The fraction of sp³-hybridized carbons (Fsp3) is 0.500. The number of fused-ring (bicyclic) bond motifs is 1. The SMILES string of the molecule is COc1ccc(C(=O)N(Cc2cc3ccccc3o2)C(C)(C2CCCCC2)C2CCCN2)cc1OC. The van der Waals surface area contributed by atoms with Gasteiger partial charge in [-0.15, -0.1) is 0 Å². The van der Waals surface area contributed by atoms with E-state index in [1.165, 1.54) is 19.3 Å². The topological polar surface area (TPSA) is 63.9 Å². The van der Waals surface area contributed by atoms with E-state index in [1.54, 1.807) is 20.3 Å². The molecule has 2 fully saturated rings. The Balaban J connectivity index is 1.59. The van der Waals surface area contributed by atoms with Crippen molar-refractivity contribution in [1.29, 1.82) is 0 Å². The molecule has 3 aromatic rings. The van der Waals surface area contributed by atoms with Gasteiger partial charge in [0.2, 0.25) is 0 Å². The van der Waals surface area contributed by atoms with Crippen LogP contribution in [0.2, 0.25) is 0 Å². The minimum atomic E-state index is -0.347. The third kappa shape index (κ3) is 4.59. The quantitative estimate of drug-likeness (QED) is 0.408. The van der Waals surface area contributed by atoms with Crippen LogP contribution in [0.3, 0.4) is 0 Å². The zero-order chi connectivity index (χ0) is 25.1.